The SMILES string of the molecule is CC[C@@]1(OC)C[C@@H](C)CN(CC(C)C)[C@H](C2CN(C(=O)CN(C)C)C2)COC(=O)C(C)(C)C(=O)[C@H](C)C1. The number of carbonyl (C=O) groups excluding carboxylic acids is 3. The van der Waals surface area contributed by atoms with Crippen LogP contribution in [0.1, 0.15) is 67.7 Å². The molecule has 2 saturated heterocycles. The van der Waals surface area contributed by atoms with Crippen LogP contribution in [-0.2, 0) is 23.9 Å². The minimum atomic E-state index is -1.23. The molecule has 0 aromatic carbocycles. The first kappa shape index (κ1) is 31.7. The van der Waals surface area contributed by atoms with Gasteiger partial charge in [0.15, 0.2) is 5.78 Å². The molecule has 4 atom stereocenters. The van der Waals surface area contributed by atoms with Crippen molar-refractivity contribution in [1.82, 2.24) is 14.7 Å². The van der Waals surface area contributed by atoms with Crippen LogP contribution >= 0.6 is 0 Å². The third kappa shape index (κ3) is 7.99. The molecule has 0 unspecified atom stereocenters. The van der Waals surface area contributed by atoms with Gasteiger partial charge in [0.2, 0.25) is 5.91 Å². The molecular formula is C29H53N3O5. The molecule has 2 aliphatic rings. The monoisotopic (exact) mass is 523 g/mol. The second-order valence-corrected chi connectivity index (χ2v) is 13.0. The Labute approximate surface area is 225 Å². The number of nitrogens with zero attached hydrogens (tertiary/aromatic N) is 3. The van der Waals surface area contributed by atoms with E-state index in [1.165, 1.54) is 0 Å². The van der Waals surface area contributed by atoms with Crippen molar-refractivity contribution in [3.63, 3.8) is 0 Å². The molecule has 8 nitrogen and oxygen atoms in total. The molecule has 0 bridgehead atoms. The fourth-order valence-electron chi connectivity index (χ4n) is 6.18. The van der Waals surface area contributed by atoms with Gasteiger partial charge < -0.3 is 19.3 Å². The molecule has 2 aliphatic heterocycles. The minimum absolute atomic E-state index is 0.0140. The summed E-state index contributed by atoms with van der Waals surface area (Å²) in [5.41, 5.74) is -1.65. The van der Waals surface area contributed by atoms with E-state index in [0.717, 1.165) is 25.9 Å². The normalized spacial score (nSPS) is 30.9. The lowest BCUT2D eigenvalue weighted by Crippen LogP contribution is -2.61. The van der Waals surface area contributed by atoms with Crippen molar-refractivity contribution >= 4 is 17.7 Å². The minimum Gasteiger partial charge on any atom is -0.463 e. The molecule has 2 fully saturated rings. The van der Waals surface area contributed by atoms with Crippen LogP contribution in [0.15, 0.2) is 0 Å². The fourth-order valence-corrected chi connectivity index (χ4v) is 6.18. The van der Waals surface area contributed by atoms with Gasteiger partial charge in [-0.1, -0.05) is 34.6 Å². The summed E-state index contributed by atoms with van der Waals surface area (Å²) in [6, 6.07) is -0.0140. The number of methoxy groups -OCH3 is 1. The second kappa shape index (κ2) is 13.0. The lowest BCUT2D eigenvalue weighted by atomic mass is 9.75. The lowest BCUT2D eigenvalue weighted by molar-refractivity contribution is -0.164. The maximum Gasteiger partial charge on any atom is 0.319 e. The van der Waals surface area contributed by atoms with Crippen LogP contribution in [-0.4, -0.2) is 105 Å². The molecule has 1 amide bonds. The summed E-state index contributed by atoms with van der Waals surface area (Å²) in [4.78, 5) is 45.6. The Morgan fingerprint density at radius 1 is 1.14 bits per heavy atom. The van der Waals surface area contributed by atoms with Crippen LogP contribution in [0.25, 0.3) is 0 Å². The highest BCUT2D eigenvalue weighted by molar-refractivity contribution is 6.03. The number of rotatable bonds is 7. The van der Waals surface area contributed by atoms with Gasteiger partial charge in [-0.3, -0.25) is 19.3 Å². The summed E-state index contributed by atoms with van der Waals surface area (Å²) >= 11 is 0. The topological polar surface area (TPSA) is 79.4 Å². The molecule has 0 N–H and O–H groups in total. The summed E-state index contributed by atoms with van der Waals surface area (Å²) in [5.74, 6) is 0.208. The first-order chi connectivity index (χ1) is 17.2. The van der Waals surface area contributed by atoms with Gasteiger partial charge in [-0.25, -0.2) is 0 Å². The van der Waals surface area contributed by atoms with Crippen molar-refractivity contribution in [2.75, 3.05) is 60.5 Å². The van der Waals surface area contributed by atoms with Crippen LogP contribution in [0.5, 0.6) is 0 Å². The van der Waals surface area contributed by atoms with Crippen LogP contribution in [0.2, 0.25) is 0 Å². The molecule has 0 radical (unpaired) electrons. The quantitative estimate of drug-likeness (QED) is 0.374. The Morgan fingerprint density at radius 2 is 1.76 bits per heavy atom. The number of ketones is 1. The van der Waals surface area contributed by atoms with Gasteiger partial charge in [0.05, 0.1) is 18.2 Å². The third-order valence-electron chi connectivity index (χ3n) is 8.31. The first-order valence-electron chi connectivity index (χ1n) is 14.1. The van der Waals surface area contributed by atoms with Crippen molar-refractivity contribution in [3.05, 3.63) is 0 Å². The summed E-state index contributed by atoms with van der Waals surface area (Å²) in [6.07, 6.45) is 2.22. The number of likely N-dealkylation sites (N-methyl/N-ethyl adjacent to an activating group) is 1. The molecule has 2 rings (SSSR count). The molecular weight excluding hydrogens is 470 g/mol. The van der Waals surface area contributed by atoms with E-state index >= 15 is 0 Å². The van der Waals surface area contributed by atoms with E-state index in [1.54, 1.807) is 21.0 Å². The zero-order valence-electron chi connectivity index (χ0n) is 25.1. The van der Waals surface area contributed by atoms with E-state index < -0.39 is 17.0 Å². The van der Waals surface area contributed by atoms with Gasteiger partial charge in [0, 0.05) is 45.1 Å². The average molecular weight is 524 g/mol. The molecule has 0 saturated carbocycles. The van der Waals surface area contributed by atoms with Gasteiger partial charge in [0.1, 0.15) is 12.0 Å². The maximum absolute atomic E-state index is 13.5. The summed E-state index contributed by atoms with van der Waals surface area (Å²) in [5, 5.41) is 0. The van der Waals surface area contributed by atoms with Gasteiger partial charge in [0.25, 0.3) is 0 Å². The Kier molecular flexibility index (Phi) is 11.2. The number of Topliss-reactive ketones (excluding diaryl/α,β-unsaturated/α-hetero) is 1. The molecule has 8 heteroatoms. The molecule has 0 spiro atoms. The van der Waals surface area contributed by atoms with Crippen molar-refractivity contribution in [3.8, 4) is 0 Å². The number of hydrogen-bond donors (Lipinski definition) is 0. The fraction of sp³-hybridized carbons (Fsp3) is 0.897. The number of amides is 1. The molecule has 2 heterocycles. The summed E-state index contributed by atoms with van der Waals surface area (Å²) in [7, 11) is 5.54. The Morgan fingerprint density at radius 3 is 2.27 bits per heavy atom. The first-order valence-corrected chi connectivity index (χ1v) is 14.1. The van der Waals surface area contributed by atoms with Gasteiger partial charge in [-0.05, 0) is 59.0 Å². The highest BCUT2D eigenvalue weighted by atomic mass is 16.5. The molecule has 37 heavy (non-hydrogen) atoms. The lowest BCUT2D eigenvalue weighted by Gasteiger charge is -2.48. The van der Waals surface area contributed by atoms with Crippen molar-refractivity contribution in [2.45, 2.75) is 79.4 Å². The average Bonchev–Trinajstić information content (AvgIpc) is 2.77. The van der Waals surface area contributed by atoms with E-state index in [1.807, 2.05) is 30.8 Å². The van der Waals surface area contributed by atoms with Crippen molar-refractivity contribution in [2.24, 2.45) is 29.1 Å². The van der Waals surface area contributed by atoms with Gasteiger partial charge in [-0.15, -0.1) is 0 Å². The molecule has 0 aliphatic carbocycles. The largest absolute Gasteiger partial charge is 0.463 e. The summed E-state index contributed by atoms with van der Waals surface area (Å²) in [6.45, 7) is 17.7. The van der Waals surface area contributed by atoms with E-state index in [2.05, 4.69) is 32.6 Å². The number of ether oxygens (including phenoxy) is 2. The van der Waals surface area contributed by atoms with Crippen molar-refractivity contribution < 1.29 is 23.9 Å². The standard InChI is InChI=1S/C29H53N3O5/c1-11-29(36-10)12-21(4)15-31(14-20(2)3)24(23-16-32(17-23)25(33)18-30(8)9)19-37-27(35)28(6,7)26(34)22(5)13-29/h20-24H,11-19H2,1-10H3/t21-,22-,24+,29-/m1/s1. The number of esters is 1. The number of carbonyl (C=O) groups is 3. The van der Waals surface area contributed by atoms with Crippen LogP contribution in [0.3, 0.4) is 0 Å². The van der Waals surface area contributed by atoms with Crippen molar-refractivity contribution in [1.29, 1.82) is 0 Å². The highest BCUT2D eigenvalue weighted by Gasteiger charge is 2.46. The number of likely N-dealkylation sites (tertiary alicyclic amines) is 1. The highest BCUT2D eigenvalue weighted by Crippen LogP contribution is 2.36. The number of cyclic esters (lactones) is 1. The molecule has 0 aromatic rings. The van der Waals surface area contributed by atoms with Crippen LogP contribution < -0.4 is 0 Å². The predicted octanol–water partition coefficient (Wildman–Crippen LogP) is 3.33. The molecule has 214 valence electrons. The van der Waals surface area contributed by atoms with Gasteiger partial charge >= 0.3 is 5.97 Å². The molecule has 0 aromatic heterocycles. The summed E-state index contributed by atoms with van der Waals surface area (Å²) < 4.78 is 12.0. The maximum atomic E-state index is 13.5. The smallest absolute Gasteiger partial charge is 0.319 e. The van der Waals surface area contributed by atoms with E-state index in [0.29, 0.717) is 37.9 Å². The van der Waals surface area contributed by atoms with E-state index in [-0.39, 0.29) is 36.2 Å². The van der Waals surface area contributed by atoms with Crippen LogP contribution in [0, 0.1) is 29.1 Å². The van der Waals surface area contributed by atoms with E-state index in [4.69, 9.17) is 9.47 Å². The van der Waals surface area contributed by atoms with E-state index in [9.17, 15) is 14.4 Å². The Balaban J connectivity index is 2.39. The predicted molar refractivity (Wildman–Crippen MR) is 146 cm³/mol. The second-order valence-electron chi connectivity index (χ2n) is 13.0. The zero-order chi connectivity index (χ0) is 28.1. The number of hydrogen-bond acceptors (Lipinski definition) is 7. The van der Waals surface area contributed by atoms with Gasteiger partial charge in [-0.2, -0.15) is 0 Å². The van der Waals surface area contributed by atoms with Crippen LogP contribution in [0.4, 0.5) is 0 Å². The Bertz CT molecular complexity index is 786. The third-order valence-corrected chi connectivity index (χ3v) is 8.31. The Hall–Kier alpha value is -1.51. The zero-order valence-corrected chi connectivity index (χ0v) is 25.1.